The van der Waals surface area contributed by atoms with Crippen LogP contribution < -0.4 is 0 Å². The van der Waals surface area contributed by atoms with Crippen LogP contribution in [0.5, 0.6) is 0 Å². The van der Waals surface area contributed by atoms with Crippen molar-refractivity contribution in [3.8, 4) is 0 Å². The molecule has 0 aromatic rings. The van der Waals surface area contributed by atoms with Crippen LogP contribution >= 0.6 is 45.2 Å². The van der Waals surface area contributed by atoms with Crippen LogP contribution in [-0.2, 0) is 0 Å². The minimum absolute atomic E-state index is 0.614. The van der Waals surface area contributed by atoms with Gasteiger partial charge in [0.05, 0.1) is 0 Å². The van der Waals surface area contributed by atoms with Crippen molar-refractivity contribution in [1.29, 1.82) is 0 Å². The van der Waals surface area contributed by atoms with Crippen molar-refractivity contribution in [1.82, 2.24) is 0 Å². The van der Waals surface area contributed by atoms with E-state index in [1.165, 1.54) is 3.58 Å². The van der Waals surface area contributed by atoms with Gasteiger partial charge in [0.1, 0.15) is 0 Å². The number of hydrogen-bond acceptors (Lipinski definition) is 0. The molecule has 6 heavy (non-hydrogen) atoms. The van der Waals surface area contributed by atoms with Crippen molar-refractivity contribution in [3.63, 3.8) is 0 Å². The quantitative estimate of drug-likeness (QED) is 0.516. The molecule has 0 saturated carbocycles. The van der Waals surface area contributed by atoms with Crippen LogP contribution in [0.25, 0.3) is 0 Å². The molecule has 36 valence electrons. The van der Waals surface area contributed by atoms with E-state index in [-0.39, 0.29) is 0 Å². The van der Waals surface area contributed by atoms with Gasteiger partial charge in [-0.05, 0) is 33.1 Å². The first-order valence-corrected chi connectivity index (χ1v) is 3.95. The third-order valence-electron chi connectivity index (χ3n) is 0.432. The summed E-state index contributed by atoms with van der Waals surface area (Å²) in [4.78, 5) is 0. The van der Waals surface area contributed by atoms with Crippen molar-refractivity contribution >= 4 is 45.2 Å². The highest BCUT2D eigenvalue weighted by Crippen LogP contribution is 2.15. The summed E-state index contributed by atoms with van der Waals surface area (Å²) in [6, 6.07) is 0. The van der Waals surface area contributed by atoms with Crippen molar-refractivity contribution in [2.75, 3.05) is 0 Å². The first-order chi connectivity index (χ1) is 2.64. The lowest BCUT2D eigenvalue weighted by molar-refractivity contribution is 1.30. The van der Waals surface area contributed by atoms with E-state index in [2.05, 4.69) is 58.7 Å². The Morgan fingerprint density at radius 1 is 1.83 bits per heavy atom. The highest BCUT2D eigenvalue weighted by Gasteiger charge is 1.92. The van der Waals surface area contributed by atoms with E-state index < -0.39 is 0 Å². The van der Waals surface area contributed by atoms with Gasteiger partial charge in [-0.25, -0.2) is 0 Å². The Hall–Kier alpha value is 1.20. The Morgan fingerprint density at radius 3 is 2.00 bits per heavy atom. The van der Waals surface area contributed by atoms with E-state index in [1.54, 1.807) is 0 Å². The van der Waals surface area contributed by atoms with Gasteiger partial charge in [-0.2, -0.15) is 0 Å². The molecule has 0 spiro atoms. The second-order valence-electron chi connectivity index (χ2n) is 1.06. The predicted octanol–water partition coefficient (Wildman–Crippen LogP) is 2.76. The molecule has 0 aliphatic rings. The Morgan fingerprint density at radius 2 is 2.00 bits per heavy atom. The largest absolute Gasteiger partial charge is 0.0887 e. The monoisotopic (exact) mass is 308 g/mol. The van der Waals surface area contributed by atoms with Crippen molar-refractivity contribution in [2.24, 2.45) is 0 Å². The SMILES string of the molecule is C=C(I)C(C)I. The normalized spacial score (nSPS) is 13.8. The van der Waals surface area contributed by atoms with Crippen molar-refractivity contribution < 1.29 is 0 Å². The number of halogens is 2. The smallest absolute Gasteiger partial charge is 0.0383 e. The zero-order valence-corrected chi connectivity index (χ0v) is 7.86. The minimum Gasteiger partial charge on any atom is -0.0887 e. The molecule has 0 bridgehead atoms. The van der Waals surface area contributed by atoms with E-state index in [0.717, 1.165) is 0 Å². The van der Waals surface area contributed by atoms with Crippen molar-refractivity contribution in [3.05, 3.63) is 10.2 Å². The van der Waals surface area contributed by atoms with Crippen LogP contribution in [0.3, 0.4) is 0 Å². The molecule has 0 aliphatic heterocycles. The highest BCUT2D eigenvalue weighted by molar-refractivity contribution is 14.1. The summed E-state index contributed by atoms with van der Waals surface area (Å²) in [6.45, 7) is 5.85. The van der Waals surface area contributed by atoms with Gasteiger partial charge in [0, 0.05) is 3.92 Å². The molecule has 0 radical (unpaired) electrons. The van der Waals surface area contributed by atoms with Gasteiger partial charge in [-0.1, -0.05) is 29.2 Å². The zero-order valence-electron chi connectivity index (χ0n) is 3.54. The molecule has 0 aromatic heterocycles. The summed E-state index contributed by atoms with van der Waals surface area (Å²) in [7, 11) is 0. The molecule has 0 nitrogen and oxygen atoms in total. The lowest BCUT2D eigenvalue weighted by Gasteiger charge is -1.93. The Bertz CT molecular complexity index is 56.6. The maximum absolute atomic E-state index is 3.73. The molecule has 0 saturated heterocycles. The van der Waals surface area contributed by atoms with Crippen LogP contribution in [-0.4, -0.2) is 3.92 Å². The van der Waals surface area contributed by atoms with Gasteiger partial charge < -0.3 is 0 Å². The lowest BCUT2D eigenvalue weighted by atomic mass is 10.5. The molecule has 0 N–H and O–H groups in total. The van der Waals surface area contributed by atoms with E-state index in [1.807, 2.05) is 0 Å². The molecule has 0 heterocycles. The van der Waals surface area contributed by atoms with E-state index in [4.69, 9.17) is 0 Å². The van der Waals surface area contributed by atoms with E-state index in [9.17, 15) is 0 Å². The average molecular weight is 308 g/mol. The molecule has 2 heteroatoms. The summed E-state index contributed by atoms with van der Waals surface area (Å²) in [5, 5.41) is 0. The lowest BCUT2D eigenvalue weighted by Crippen LogP contribution is -1.82. The van der Waals surface area contributed by atoms with Crippen LogP contribution in [0.15, 0.2) is 10.2 Å². The summed E-state index contributed by atoms with van der Waals surface area (Å²) < 4.78 is 1.83. The second-order valence-corrected chi connectivity index (χ2v) is 4.32. The van der Waals surface area contributed by atoms with E-state index >= 15 is 0 Å². The van der Waals surface area contributed by atoms with Gasteiger partial charge in [0.2, 0.25) is 0 Å². The fraction of sp³-hybridized carbons (Fsp3) is 0.500. The standard InChI is InChI=1S/C4H6I2/c1-3(5)4(2)6/h4H,1H2,2H3. The summed E-state index contributed by atoms with van der Waals surface area (Å²) >= 11 is 4.56. The van der Waals surface area contributed by atoms with Gasteiger partial charge >= 0.3 is 0 Å². The molecule has 0 aliphatic carbocycles. The fourth-order valence-corrected chi connectivity index (χ4v) is 0. The number of alkyl halides is 1. The Balaban J connectivity index is 3.26. The summed E-state index contributed by atoms with van der Waals surface area (Å²) in [5.74, 6) is 0. The Kier molecular flexibility index (Phi) is 3.88. The molecule has 1 unspecified atom stereocenters. The van der Waals surface area contributed by atoms with Crippen LogP contribution in [0, 0.1) is 0 Å². The van der Waals surface area contributed by atoms with Gasteiger partial charge in [-0.15, -0.1) is 0 Å². The van der Waals surface area contributed by atoms with E-state index in [0.29, 0.717) is 3.92 Å². The molecule has 0 amide bonds. The first-order valence-electron chi connectivity index (χ1n) is 1.63. The topological polar surface area (TPSA) is 0 Å². The van der Waals surface area contributed by atoms with Crippen LogP contribution in [0.1, 0.15) is 6.92 Å². The summed E-state index contributed by atoms with van der Waals surface area (Å²) in [5.41, 5.74) is 0. The number of hydrogen-bond donors (Lipinski definition) is 0. The molecular formula is C4H6I2. The van der Waals surface area contributed by atoms with Crippen LogP contribution in [0.2, 0.25) is 0 Å². The third kappa shape index (κ3) is 3.39. The Labute approximate surface area is 65.7 Å². The molecule has 0 fully saturated rings. The zero-order chi connectivity index (χ0) is 5.15. The maximum Gasteiger partial charge on any atom is 0.0383 e. The predicted molar refractivity (Wildman–Crippen MR) is 46.6 cm³/mol. The number of rotatable bonds is 1. The van der Waals surface area contributed by atoms with Crippen molar-refractivity contribution in [2.45, 2.75) is 10.8 Å². The van der Waals surface area contributed by atoms with Gasteiger partial charge in [-0.3, -0.25) is 0 Å². The molecular weight excluding hydrogens is 302 g/mol. The number of allylic oxidation sites excluding steroid dienone is 1. The average Bonchev–Trinajstić information content (AvgIpc) is 1.36. The minimum atomic E-state index is 0.614. The molecule has 1 atom stereocenters. The van der Waals surface area contributed by atoms with Crippen LogP contribution in [0.4, 0.5) is 0 Å². The summed E-state index contributed by atoms with van der Waals surface area (Å²) in [6.07, 6.45) is 0. The van der Waals surface area contributed by atoms with Gasteiger partial charge in [0.25, 0.3) is 0 Å². The van der Waals surface area contributed by atoms with Gasteiger partial charge in [0.15, 0.2) is 0 Å². The third-order valence-corrected chi connectivity index (χ3v) is 3.31. The highest BCUT2D eigenvalue weighted by atomic mass is 127. The fourth-order valence-electron chi connectivity index (χ4n) is 0. The molecule has 0 rings (SSSR count). The molecule has 0 aromatic carbocycles. The first kappa shape index (κ1) is 7.20. The maximum atomic E-state index is 3.73. The second kappa shape index (κ2) is 3.23.